The normalized spacial score (nSPS) is 20.1. The number of alkyl halides is 2. The SMILES string of the molecule is O=C(NNC(=O)C1C(c2cc(Cl)cc(Cl)c2)C1(Cl)Cl)c1ccc(Cl)c(Br)c1. The second kappa shape index (κ2) is 7.97. The van der Waals surface area contributed by atoms with Gasteiger partial charge in [0.05, 0.1) is 10.9 Å². The molecule has 1 fully saturated rings. The minimum atomic E-state index is -1.33. The van der Waals surface area contributed by atoms with E-state index in [0.717, 1.165) is 0 Å². The topological polar surface area (TPSA) is 58.2 Å². The van der Waals surface area contributed by atoms with Gasteiger partial charge < -0.3 is 0 Å². The molecule has 10 heteroatoms. The van der Waals surface area contributed by atoms with Crippen molar-refractivity contribution in [2.75, 3.05) is 0 Å². The average molecular weight is 531 g/mol. The summed E-state index contributed by atoms with van der Waals surface area (Å²) in [6.45, 7) is 0. The maximum absolute atomic E-state index is 12.4. The van der Waals surface area contributed by atoms with E-state index < -0.39 is 28.0 Å². The first kappa shape index (κ1) is 21.0. The van der Waals surface area contributed by atoms with Crippen LogP contribution in [0.1, 0.15) is 21.8 Å². The number of carbonyl (C=O) groups is 2. The van der Waals surface area contributed by atoms with Crippen LogP contribution in [0.2, 0.25) is 15.1 Å². The zero-order valence-electron chi connectivity index (χ0n) is 13.2. The molecule has 1 aliphatic carbocycles. The summed E-state index contributed by atoms with van der Waals surface area (Å²) in [7, 11) is 0. The highest BCUT2D eigenvalue weighted by Gasteiger charge is 2.67. The van der Waals surface area contributed by atoms with Crippen LogP contribution in [0.15, 0.2) is 40.9 Å². The highest BCUT2D eigenvalue weighted by atomic mass is 79.9. The van der Waals surface area contributed by atoms with Gasteiger partial charge in [-0.15, -0.1) is 23.2 Å². The predicted octanol–water partition coefficient (Wildman–Crippen LogP) is 5.76. The fourth-order valence-corrected chi connectivity index (χ4v) is 4.60. The standard InChI is InChI=1S/C17H10BrCl5N2O2/c18-11-5-7(1-2-12(11)21)15(26)24-25-16(27)14-13(17(14,22)23)8-3-9(19)6-10(20)4-8/h1-6,13-14H,(H,24,26)(H,25,27). The fraction of sp³-hybridized carbons (Fsp3) is 0.176. The van der Waals surface area contributed by atoms with Gasteiger partial charge in [0.1, 0.15) is 4.33 Å². The van der Waals surface area contributed by atoms with E-state index in [-0.39, 0.29) is 0 Å². The van der Waals surface area contributed by atoms with E-state index in [4.69, 9.17) is 58.0 Å². The Morgan fingerprint density at radius 2 is 1.59 bits per heavy atom. The number of carbonyl (C=O) groups excluding carboxylic acids is 2. The summed E-state index contributed by atoms with van der Waals surface area (Å²) in [5.41, 5.74) is 5.62. The van der Waals surface area contributed by atoms with Crippen LogP contribution in [-0.4, -0.2) is 16.1 Å². The third-order valence-corrected chi connectivity index (χ3v) is 6.65. The molecule has 27 heavy (non-hydrogen) atoms. The number of hydrogen-bond donors (Lipinski definition) is 2. The second-order valence-electron chi connectivity index (χ2n) is 5.90. The van der Waals surface area contributed by atoms with Crippen molar-refractivity contribution < 1.29 is 9.59 Å². The van der Waals surface area contributed by atoms with E-state index in [1.807, 2.05) is 0 Å². The van der Waals surface area contributed by atoms with Gasteiger partial charge in [-0.2, -0.15) is 0 Å². The van der Waals surface area contributed by atoms with Crippen LogP contribution in [0.4, 0.5) is 0 Å². The molecular weight excluding hydrogens is 521 g/mol. The Kier molecular flexibility index (Phi) is 6.21. The van der Waals surface area contributed by atoms with Crippen LogP contribution in [0.5, 0.6) is 0 Å². The van der Waals surface area contributed by atoms with E-state index in [1.54, 1.807) is 24.3 Å². The van der Waals surface area contributed by atoms with Crippen LogP contribution >= 0.6 is 73.9 Å². The Morgan fingerprint density at radius 1 is 0.963 bits per heavy atom. The molecule has 4 nitrogen and oxygen atoms in total. The second-order valence-corrected chi connectivity index (χ2v) is 9.48. The first-order valence-electron chi connectivity index (χ1n) is 7.50. The van der Waals surface area contributed by atoms with Gasteiger partial charge in [-0.25, -0.2) is 0 Å². The largest absolute Gasteiger partial charge is 0.273 e. The molecule has 0 radical (unpaired) electrons. The van der Waals surface area contributed by atoms with Gasteiger partial charge in [0.25, 0.3) is 5.91 Å². The number of hydrazine groups is 1. The van der Waals surface area contributed by atoms with Crippen molar-refractivity contribution in [1.29, 1.82) is 0 Å². The fourth-order valence-electron chi connectivity index (χ4n) is 2.73. The first-order chi connectivity index (χ1) is 12.6. The molecule has 142 valence electrons. The van der Waals surface area contributed by atoms with E-state index >= 15 is 0 Å². The Hall–Kier alpha value is -0.690. The van der Waals surface area contributed by atoms with Gasteiger partial charge in [-0.05, 0) is 57.9 Å². The molecule has 0 bridgehead atoms. The van der Waals surface area contributed by atoms with Gasteiger partial charge in [0.2, 0.25) is 5.91 Å². The molecule has 2 unspecified atom stereocenters. The lowest BCUT2D eigenvalue weighted by Gasteiger charge is -2.08. The summed E-state index contributed by atoms with van der Waals surface area (Å²) in [4.78, 5) is 24.6. The zero-order valence-corrected chi connectivity index (χ0v) is 18.6. The van der Waals surface area contributed by atoms with Crippen molar-refractivity contribution in [2.24, 2.45) is 5.92 Å². The summed E-state index contributed by atoms with van der Waals surface area (Å²) >= 11 is 33.6. The summed E-state index contributed by atoms with van der Waals surface area (Å²) in [6.07, 6.45) is 0. The van der Waals surface area contributed by atoms with Gasteiger partial charge >= 0.3 is 0 Å². The molecule has 2 amide bonds. The molecule has 0 aliphatic heterocycles. The molecule has 0 heterocycles. The Labute approximate surface area is 188 Å². The molecule has 0 saturated heterocycles. The summed E-state index contributed by atoms with van der Waals surface area (Å²) in [6, 6.07) is 9.48. The van der Waals surface area contributed by atoms with Crippen molar-refractivity contribution in [3.63, 3.8) is 0 Å². The van der Waals surface area contributed by atoms with Gasteiger partial charge in [0, 0.05) is 26.0 Å². The van der Waals surface area contributed by atoms with Crippen LogP contribution in [0.3, 0.4) is 0 Å². The molecule has 0 aromatic heterocycles. The zero-order chi connectivity index (χ0) is 19.9. The van der Waals surface area contributed by atoms with E-state index in [9.17, 15) is 9.59 Å². The molecule has 2 atom stereocenters. The molecule has 0 spiro atoms. The van der Waals surface area contributed by atoms with Crippen LogP contribution in [0.25, 0.3) is 0 Å². The maximum Gasteiger partial charge on any atom is 0.269 e. The van der Waals surface area contributed by atoms with Crippen molar-refractivity contribution in [2.45, 2.75) is 10.3 Å². The quantitative estimate of drug-likeness (QED) is 0.391. The summed E-state index contributed by atoms with van der Waals surface area (Å²) in [5.74, 6) is -2.31. The number of benzene rings is 2. The third kappa shape index (κ3) is 4.50. The number of rotatable bonds is 3. The van der Waals surface area contributed by atoms with Gasteiger partial charge in [-0.3, -0.25) is 20.4 Å². The summed E-state index contributed by atoms with van der Waals surface area (Å²) < 4.78 is -0.768. The molecule has 2 aromatic rings. The number of halogens is 6. The van der Waals surface area contributed by atoms with E-state index in [1.165, 1.54) is 12.1 Å². The summed E-state index contributed by atoms with van der Waals surface area (Å²) in [5, 5.41) is 1.29. The van der Waals surface area contributed by atoms with Crippen LogP contribution < -0.4 is 10.9 Å². The first-order valence-corrected chi connectivity index (χ1v) is 10.2. The molecule has 2 aromatic carbocycles. The molecule has 2 N–H and O–H groups in total. The third-order valence-electron chi connectivity index (χ3n) is 4.06. The lowest BCUT2D eigenvalue weighted by atomic mass is 10.1. The molecule has 1 aliphatic rings. The Morgan fingerprint density at radius 3 is 2.19 bits per heavy atom. The van der Waals surface area contributed by atoms with Crippen molar-refractivity contribution in [3.05, 3.63) is 67.1 Å². The molecule has 1 saturated carbocycles. The highest BCUT2D eigenvalue weighted by molar-refractivity contribution is 9.10. The van der Waals surface area contributed by atoms with Crippen molar-refractivity contribution in [1.82, 2.24) is 10.9 Å². The van der Waals surface area contributed by atoms with Crippen LogP contribution in [0, 0.1) is 5.92 Å². The van der Waals surface area contributed by atoms with Crippen molar-refractivity contribution in [3.8, 4) is 0 Å². The number of nitrogens with one attached hydrogen (secondary N) is 2. The highest BCUT2D eigenvalue weighted by Crippen LogP contribution is 2.65. The molecule has 3 rings (SSSR count). The predicted molar refractivity (Wildman–Crippen MR) is 112 cm³/mol. The smallest absolute Gasteiger partial charge is 0.269 e. The minimum absolute atomic E-state index is 0.309. The van der Waals surface area contributed by atoms with E-state index in [2.05, 4.69) is 26.8 Å². The van der Waals surface area contributed by atoms with Crippen LogP contribution in [-0.2, 0) is 4.79 Å². The minimum Gasteiger partial charge on any atom is -0.273 e. The average Bonchev–Trinajstić information content (AvgIpc) is 3.16. The lowest BCUT2D eigenvalue weighted by Crippen LogP contribution is -2.43. The molecular formula is C17H10BrCl5N2O2. The monoisotopic (exact) mass is 528 g/mol. The maximum atomic E-state index is 12.4. The van der Waals surface area contributed by atoms with Crippen molar-refractivity contribution >= 4 is 85.7 Å². The Bertz CT molecular complexity index is 917. The Balaban J connectivity index is 1.67. The van der Waals surface area contributed by atoms with E-state index in [0.29, 0.717) is 30.7 Å². The number of hydrogen-bond acceptors (Lipinski definition) is 2. The number of amides is 2. The van der Waals surface area contributed by atoms with Gasteiger partial charge in [-0.1, -0.05) is 34.8 Å². The lowest BCUT2D eigenvalue weighted by molar-refractivity contribution is -0.123. The van der Waals surface area contributed by atoms with Gasteiger partial charge in [0.15, 0.2) is 0 Å².